The van der Waals surface area contributed by atoms with E-state index in [1.165, 1.54) is 0 Å². The van der Waals surface area contributed by atoms with Crippen LogP contribution in [0.3, 0.4) is 0 Å². The summed E-state index contributed by atoms with van der Waals surface area (Å²) in [5.41, 5.74) is 5.60. The summed E-state index contributed by atoms with van der Waals surface area (Å²) in [6.45, 7) is 7.51. The molecule has 0 radical (unpaired) electrons. The van der Waals surface area contributed by atoms with Crippen LogP contribution in [-0.4, -0.2) is 30.6 Å². The molecular formula is C24H25N5O2. The van der Waals surface area contributed by atoms with Crippen LogP contribution in [0.15, 0.2) is 54.7 Å². The number of aromatic nitrogens is 4. The lowest BCUT2D eigenvalue weighted by Crippen LogP contribution is -2.27. The highest BCUT2D eigenvalue weighted by atomic mass is 16.3. The fourth-order valence-corrected chi connectivity index (χ4v) is 3.09. The molecule has 31 heavy (non-hydrogen) atoms. The van der Waals surface area contributed by atoms with E-state index in [-0.39, 0.29) is 12.5 Å². The molecule has 2 N–H and O–H groups in total. The lowest BCUT2D eigenvalue weighted by molar-refractivity contribution is -0.123. The maximum absolute atomic E-state index is 12.4. The molecule has 4 aromatic rings. The van der Waals surface area contributed by atoms with Crippen molar-refractivity contribution in [3.63, 3.8) is 0 Å². The zero-order chi connectivity index (χ0) is 22.2. The van der Waals surface area contributed by atoms with Crippen molar-refractivity contribution in [2.45, 2.75) is 34.3 Å². The van der Waals surface area contributed by atoms with Gasteiger partial charge < -0.3 is 10.4 Å². The van der Waals surface area contributed by atoms with Gasteiger partial charge in [0.25, 0.3) is 0 Å². The van der Waals surface area contributed by atoms with Crippen LogP contribution in [0.2, 0.25) is 0 Å². The number of benzene rings is 1. The van der Waals surface area contributed by atoms with Crippen molar-refractivity contribution in [3.8, 4) is 22.6 Å². The van der Waals surface area contributed by atoms with E-state index >= 15 is 0 Å². The Morgan fingerprint density at radius 2 is 1.84 bits per heavy atom. The van der Waals surface area contributed by atoms with Crippen LogP contribution >= 0.6 is 0 Å². The summed E-state index contributed by atoms with van der Waals surface area (Å²) >= 11 is 0. The second kappa shape index (κ2) is 7.92. The first kappa shape index (κ1) is 20.7. The Hall–Kier alpha value is -3.58. The summed E-state index contributed by atoms with van der Waals surface area (Å²) in [4.78, 5) is 21.5. The maximum atomic E-state index is 12.4. The predicted molar refractivity (Wildman–Crippen MR) is 120 cm³/mol. The van der Waals surface area contributed by atoms with Crippen LogP contribution in [0, 0.1) is 12.3 Å². The third-order valence-electron chi connectivity index (χ3n) is 5.01. The van der Waals surface area contributed by atoms with Gasteiger partial charge in [0, 0.05) is 16.7 Å². The van der Waals surface area contributed by atoms with Crippen LogP contribution in [0.1, 0.15) is 32.0 Å². The molecule has 0 unspecified atom stereocenters. The fourth-order valence-electron chi connectivity index (χ4n) is 3.09. The predicted octanol–water partition coefficient (Wildman–Crippen LogP) is 4.24. The van der Waals surface area contributed by atoms with Crippen LogP contribution in [0.4, 0.5) is 5.69 Å². The van der Waals surface area contributed by atoms with E-state index in [9.17, 15) is 9.90 Å². The third-order valence-corrected chi connectivity index (χ3v) is 5.01. The summed E-state index contributed by atoms with van der Waals surface area (Å²) in [5, 5.41) is 17.0. The molecule has 0 atom stereocenters. The molecule has 0 spiro atoms. The molecule has 7 nitrogen and oxygen atoms in total. The van der Waals surface area contributed by atoms with Crippen LogP contribution in [-0.2, 0) is 11.4 Å². The molecule has 0 saturated heterocycles. The van der Waals surface area contributed by atoms with Gasteiger partial charge in [-0.15, -0.1) is 0 Å². The fraction of sp³-hybridized carbons (Fsp3) is 0.250. The van der Waals surface area contributed by atoms with E-state index in [1.807, 2.05) is 76.4 Å². The second-order valence-electron chi connectivity index (χ2n) is 8.55. The van der Waals surface area contributed by atoms with Crippen LogP contribution in [0.25, 0.3) is 28.3 Å². The van der Waals surface area contributed by atoms with Crippen molar-refractivity contribution in [3.05, 3.63) is 66.0 Å². The zero-order valence-electron chi connectivity index (χ0n) is 18.0. The number of hydrogen-bond donors (Lipinski definition) is 2. The number of carbonyl (C=O) groups is 1. The van der Waals surface area contributed by atoms with Gasteiger partial charge in [0.15, 0.2) is 5.65 Å². The molecule has 0 saturated carbocycles. The largest absolute Gasteiger partial charge is 0.390 e. The molecule has 0 aliphatic rings. The minimum Gasteiger partial charge on any atom is -0.390 e. The normalized spacial score (nSPS) is 11.6. The molecule has 0 bridgehead atoms. The molecule has 7 heteroatoms. The van der Waals surface area contributed by atoms with E-state index in [2.05, 4.69) is 20.4 Å². The van der Waals surface area contributed by atoms with Crippen molar-refractivity contribution in [2.24, 2.45) is 5.41 Å². The van der Waals surface area contributed by atoms with E-state index in [0.29, 0.717) is 22.7 Å². The molecule has 1 amide bonds. The van der Waals surface area contributed by atoms with Gasteiger partial charge in [-0.3, -0.25) is 4.79 Å². The molecule has 3 aromatic heterocycles. The quantitative estimate of drug-likeness (QED) is 0.520. The number of aliphatic hydroxyl groups excluding tert-OH is 1. The highest BCUT2D eigenvalue weighted by Crippen LogP contribution is 2.27. The molecule has 0 fully saturated rings. The van der Waals surface area contributed by atoms with Crippen LogP contribution in [0.5, 0.6) is 0 Å². The van der Waals surface area contributed by atoms with Gasteiger partial charge in [-0.05, 0) is 42.8 Å². The van der Waals surface area contributed by atoms with Gasteiger partial charge in [0.1, 0.15) is 5.69 Å². The lowest BCUT2D eigenvalue weighted by atomic mass is 9.95. The Kier molecular flexibility index (Phi) is 5.29. The standard InChI is InChI=1S/C24H25N5O2/c1-15-8-9-16(12-20(15)27-23(31)24(2,3)4)21-13-29-22(26-21)11-10-19(28-29)18-7-5-6-17(14-30)25-18/h5-13,30H,14H2,1-4H3,(H,27,31). The number of imidazole rings is 1. The number of aliphatic hydroxyl groups is 1. The summed E-state index contributed by atoms with van der Waals surface area (Å²) < 4.78 is 1.71. The summed E-state index contributed by atoms with van der Waals surface area (Å²) in [6.07, 6.45) is 1.86. The first-order valence-electron chi connectivity index (χ1n) is 10.1. The number of hydrogen-bond acceptors (Lipinski definition) is 5. The second-order valence-corrected chi connectivity index (χ2v) is 8.55. The Morgan fingerprint density at radius 1 is 1.03 bits per heavy atom. The number of aryl methyl sites for hydroxylation is 1. The van der Waals surface area contributed by atoms with Crippen molar-refractivity contribution < 1.29 is 9.90 Å². The zero-order valence-corrected chi connectivity index (χ0v) is 18.0. The highest BCUT2D eigenvalue weighted by molar-refractivity contribution is 5.95. The monoisotopic (exact) mass is 415 g/mol. The van der Waals surface area contributed by atoms with Crippen molar-refractivity contribution in [1.29, 1.82) is 0 Å². The first-order valence-corrected chi connectivity index (χ1v) is 10.1. The molecule has 0 aliphatic heterocycles. The SMILES string of the molecule is Cc1ccc(-c2cn3nc(-c4cccc(CO)n4)ccc3n2)cc1NC(=O)C(C)(C)C. The molecule has 1 aromatic carbocycles. The minimum atomic E-state index is -0.479. The van der Waals surface area contributed by atoms with E-state index in [0.717, 1.165) is 22.5 Å². The average molecular weight is 415 g/mol. The highest BCUT2D eigenvalue weighted by Gasteiger charge is 2.22. The molecule has 3 heterocycles. The maximum Gasteiger partial charge on any atom is 0.229 e. The number of pyridine rings is 1. The number of fused-ring (bicyclic) bond motifs is 1. The van der Waals surface area contributed by atoms with E-state index in [1.54, 1.807) is 10.6 Å². The number of amides is 1. The molecule has 0 aliphatic carbocycles. The lowest BCUT2D eigenvalue weighted by Gasteiger charge is -2.19. The Labute approximate surface area is 180 Å². The number of nitrogens with zero attached hydrogens (tertiary/aromatic N) is 4. The van der Waals surface area contributed by atoms with Crippen molar-refractivity contribution in [2.75, 3.05) is 5.32 Å². The van der Waals surface area contributed by atoms with E-state index < -0.39 is 5.41 Å². The van der Waals surface area contributed by atoms with Gasteiger partial charge in [0.05, 0.1) is 29.9 Å². The average Bonchev–Trinajstić information content (AvgIpc) is 3.18. The number of anilines is 1. The summed E-state index contributed by atoms with van der Waals surface area (Å²) in [5.74, 6) is -0.0355. The molecule has 4 rings (SSSR count). The van der Waals surface area contributed by atoms with E-state index in [4.69, 9.17) is 0 Å². The van der Waals surface area contributed by atoms with Crippen molar-refractivity contribution >= 4 is 17.2 Å². The topological polar surface area (TPSA) is 92.4 Å². The third kappa shape index (κ3) is 4.32. The summed E-state index contributed by atoms with van der Waals surface area (Å²) in [6, 6.07) is 15.1. The first-order chi connectivity index (χ1) is 14.7. The smallest absolute Gasteiger partial charge is 0.229 e. The van der Waals surface area contributed by atoms with Gasteiger partial charge in [-0.25, -0.2) is 14.5 Å². The number of carbonyl (C=O) groups excluding carboxylic acids is 1. The molecular weight excluding hydrogens is 390 g/mol. The molecule has 158 valence electrons. The summed E-state index contributed by atoms with van der Waals surface area (Å²) in [7, 11) is 0. The van der Waals surface area contributed by atoms with Gasteiger partial charge in [-0.2, -0.15) is 5.10 Å². The minimum absolute atomic E-state index is 0.0355. The van der Waals surface area contributed by atoms with Gasteiger partial charge >= 0.3 is 0 Å². The van der Waals surface area contributed by atoms with Gasteiger partial charge in [0.2, 0.25) is 5.91 Å². The number of nitrogens with one attached hydrogen (secondary N) is 1. The Balaban J connectivity index is 1.69. The van der Waals surface area contributed by atoms with Crippen molar-refractivity contribution in [1.82, 2.24) is 19.6 Å². The Bertz CT molecular complexity index is 1270. The van der Waals surface area contributed by atoms with Crippen LogP contribution < -0.4 is 5.32 Å². The van der Waals surface area contributed by atoms with Gasteiger partial charge in [-0.1, -0.05) is 39.0 Å². The number of rotatable bonds is 4. The Morgan fingerprint density at radius 3 is 2.58 bits per heavy atom.